The molecule has 1 aromatic heterocycles. The Kier molecular flexibility index (Phi) is 3.29. The lowest BCUT2D eigenvalue weighted by Gasteiger charge is -2.11. The Morgan fingerprint density at radius 2 is 2.00 bits per heavy atom. The third kappa shape index (κ3) is 2.26. The van der Waals surface area contributed by atoms with Crippen LogP contribution in [-0.4, -0.2) is 28.0 Å². The molecule has 0 saturated carbocycles. The summed E-state index contributed by atoms with van der Waals surface area (Å²) in [6.45, 7) is 3.35. The summed E-state index contributed by atoms with van der Waals surface area (Å²) in [7, 11) is 0. The summed E-state index contributed by atoms with van der Waals surface area (Å²) in [6, 6.07) is 5.74. The van der Waals surface area contributed by atoms with E-state index in [9.17, 15) is 0 Å². The molecule has 3 rings (SSSR count). The van der Waals surface area contributed by atoms with Crippen molar-refractivity contribution < 1.29 is 9.47 Å². The number of hydrogen-bond acceptors (Lipinski definition) is 4. The molecule has 0 saturated heterocycles. The van der Waals surface area contributed by atoms with Crippen molar-refractivity contribution in [2.24, 2.45) is 0 Å². The minimum atomic E-state index is 0.353. The van der Waals surface area contributed by atoms with Crippen LogP contribution >= 0.6 is 11.6 Å². The average molecular weight is 280 g/mol. The van der Waals surface area contributed by atoms with Gasteiger partial charge in [0.1, 0.15) is 5.82 Å². The molecule has 0 aliphatic carbocycles. The summed E-state index contributed by atoms with van der Waals surface area (Å²) in [6.07, 6.45) is 1.64. The van der Waals surface area contributed by atoms with Gasteiger partial charge in [-0.05, 0) is 23.7 Å². The number of halogens is 1. The molecule has 100 valence electrons. The van der Waals surface area contributed by atoms with Crippen LogP contribution in [0, 0.1) is 0 Å². The highest BCUT2D eigenvalue weighted by Crippen LogP contribution is 2.32. The predicted molar refractivity (Wildman–Crippen MR) is 71.4 cm³/mol. The Balaban J connectivity index is 2.06. The van der Waals surface area contributed by atoms with Crippen LogP contribution in [0.15, 0.2) is 18.2 Å². The van der Waals surface area contributed by atoms with Crippen molar-refractivity contribution in [2.45, 2.75) is 19.8 Å². The van der Waals surface area contributed by atoms with Gasteiger partial charge in [-0.2, -0.15) is 0 Å². The first-order valence-corrected chi connectivity index (χ1v) is 6.67. The molecule has 0 spiro atoms. The van der Waals surface area contributed by atoms with Gasteiger partial charge in [-0.1, -0.05) is 6.92 Å². The van der Waals surface area contributed by atoms with Gasteiger partial charge in [-0.25, -0.2) is 0 Å². The number of rotatable bonds is 2. The largest absolute Gasteiger partial charge is 0.490 e. The van der Waals surface area contributed by atoms with Crippen molar-refractivity contribution >= 4 is 11.6 Å². The molecule has 0 radical (unpaired) electrons. The van der Waals surface area contributed by atoms with Crippen molar-refractivity contribution in [3.63, 3.8) is 0 Å². The fraction of sp³-hybridized carbons (Fsp3) is 0.385. The molecule has 2 heterocycles. The minimum Gasteiger partial charge on any atom is -0.490 e. The summed E-state index contributed by atoms with van der Waals surface area (Å²) in [4.78, 5) is 0. The Hall–Kier alpha value is -1.75. The summed E-state index contributed by atoms with van der Waals surface area (Å²) in [5, 5.41) is 8.30. The van der Waals surface area contributed by atoms with Crippen molar-refractivity contribution in [2.75, 3.05) is 13.2 Å². The molecule has 0 amide bonds. The molecule has 1 aromatic carbocycles. The maximum Gasteiger partial charge on any atom is 0.229 e. The first kappa shape index (κ1) is 12.3. The SMILES string of the molecule is CCc1nnc(Cl)n1-c1ccc2c(c1)OCCCO2. The van der Waals surface area contributed by atoms with Crippen molar-refractivity contribution in [1.29, 1.82) is 0 Å². The van der Waals surface area contributed by atoms with E-state index in [-0.39, 0.29) is 0 Å². The van der Waals surface area contributed by atoms with Crippen LogP contribution in [0.25, 0.3) is 5.69 Å². The number of aryl methyl sites for hydroxylation is 1. The van der Waals surface area contributed by atoms with Gasteiger partial charge in [0.2, 0.25) is 5.28 Å². The van der Waals surface area contributed by atoms with Gasteiger partial charge >= 0.3 is 0 Å². The summed E-state index contributed by atoms with van der Waals surface area (Å²) >= 11 is 6.09. The van der Waals surface area contributed by atoms with Gasteiger partial charge in [0, 0.05) is 18.9 Å². The van der Waals surface area contributed by atoms with Crippen molar-refractivity contribution in [1.82, 2.24) is 14.8 Å². The highest BCUT2D eigenvalue weighted by Gasteiger charge is 2.15. The van der Waals surface area contributed by atoms with Crippen LogP contribution in [0.5, 0.6) is 11.5 Å². The number of hydrogen-bond donors (Lipinski definition) is 0. The number of aromatic nitrogens is 3. The maximum atomic E-state index is 6.09. The molecule has 0 bridgehead atoms. The molecule has 5 nitrogen and oxygen atoms in total. The third-order valence-electron chi connectivity index (χ3n) is 3.00. The highest BCUT2D eigenvalue weighted by atomic mass is 35.5. The Morgan fingerprint density at radius 3 is 2.79 bits per heavy atom. The molecule has 1 aliphatic heterocycles. The Labute approximate surface area is 116 Å². The van der Waals surface area contributed by atoms with Gasteiger partial charge in [0.05, 0.1) is 18.9 Å². The second-order valence-corrected chi connectivity index (χ2v) is 4.59. The zero-order valence-corrected chi connectivity index (χ0v) is 11.4. The molecular formula is C13H14ClN3O2. The lowest BCUT2D eigenvalue weighted by Crippen LogP contribution is -2.01. The van der Waals surface area contributed by atoms with E-state index < -0.39 is 0 Å². The lowest BCUT2D eigenvalue weighted by molar-refractivity contribution is 0.297. The first-order valence-electron chi connectivity index (χ1n) is 6.29. The van der Waals surface area contributed by atoms with Crippen molar-refractivity contribution in [3.05, 3.63) is 29.3 Å². The van der Waals surface area contributed by atoms with E-state index in [4.69, 9.17) is 21.1 Å². The van der Waals surface area contributed by atoms with Crippen LogP contribution < -0.4 is 9.47 Å². The summed E-state index contributed by atoms with van der Waals surface area (Å²) in [5.41, 5.74) is 0.885. The van der Waals surface area contributed by atoms with E-state index in [0.29, 0.717) is 18.5 Å². The van der Waals surface area contributed by atoms with Crippen LogP contribution in [0.2, 0.25) is 5.28 Å². The second kappa shape index (κ2) is 5.09. The van der Waals surface area contributed by atoms with Crippen LogP contribution in [0.4, 0.5) is 0 Å². The van der Waals surface area contributed by atoms with E-state index in [1.165, 1.54) is 0 Å². The third-order valence-corrected chi connectivity index (χ3v) is 3.24. The highest BCUT2D eigenvalue weighted by molar-refractivity contribution is 6.28. The summed E-state index contributed by atoms with van der Waals surface area (Å²) in [5.74, 6) is 2.32. The standard InChI is InChI=1S/C13H14ClN3O2/c1-2-12-15-16-13(14)17(12)9-4-5-10-11(8-9)19-7-3-6-18-10/h4-5,8H,2-3,6-7H2,1H3. The maximum absolute atomic E-state index is 6.09. The van der Waals surface area contributed by atoms with E-state index in [0.717, 1.165) is 35.9 Å². The second-order valence-electron chi connectivity index (χ2n) is 4.26. The van der Waals surface area contributed by atoms with E-state index >= 15 is 0 Å². The van der Waals surface area contributed by atoms with Gasteiger partial charge in [0.15, 0.2) is 11.5 Å². The number of ether oxygens (including phenoxy) is 2. The molecule has 0 N–H and O–H groups in total. The van der Waals surface area contributed by atoms with Gasteiger partial charge in [-0.15, -0.1) is 10.2 Å². The quantitative estimate of drug-likeness (QED) is 0.848. The molecule has 6 heteroatoms. The first-order chi connectivity index (χ1) is 9.29. The van der Waals surface area contributed by atoms with Crippen LogP contribution in [0.3, 0.4) is 0 Å². The molecule has 0 fully saturated rings. The topological polar surface area (TPSA) is 49.2 Å². The normalized spacial score (nSPS) is 14.2. The Morgan fingerprint density at radius 1 is 1.21 bits per heavy atom. The zero-order valence-electron chi connectivity index (χ0n) is 10.6. The van der Waals surface area contributed by atoms with Gasteiger partial charge in [-0.3, -0.25) is 4.57 Å². The molecule has 19 heavy (non-hydrogen) atoms. The molecule has 1 aliphatic rings. The number of benzene rings is 1. The van der Waals surface area contributed by atoms with Crippen molar-refractivity contribution in [3.8, 4) is 17.2 Å². The summed E-state index contributed by atoms with van der Waals surface area (Å²) < 4.78 is 13.1. The predicted octanol–water partition coefficient (Wildman–Crippen LogP) is 2.64. The number of fused-ring (bicyclic) bond motifs is 1. The van der Waals surface area contributed by atoms with E-state index in [1.807, 2.05) is 29.7 Å². The minimum absolute atomic E-state index is 0.353. The fourth-order valence-electron chi connectivity index (χ4n) is 2.07. The molecule has 0 unspecified atom stereocenters. The van der Waals surface area contributed by atoms with E-state index in [1.54, 1.807) is 0 Å². The van der Waals surface area contributed by atoms with E-state index in [2.05, 4.69) is 10.2 Å². The fourth-order valence-corrected chi connectivity index (χ4v) is 2.30. The number of nitrogens with zero attached hydrogens (tertiary/aromatic N) is 3. The van der Waals surface area contributed by atoms with Crippen LogP contribution in [-0.2, 0) is 6.42 Å². The molecule has 0 atom stereocenters. The smallest absolute Gasteiger partial charge is 0.229 e. The molecular weight excluding hydrogens is 266 g/mol. The average Bonchev–Trinajstić information content (AvgIpc) is 2.66. The van der Waals surface area contributed by atoms with Gasteiger partial charge < -0.3 is 9.47 Å². The molecule has 2 aromatic rings. The monoisotopic (exact) mass is 279 g/mol. The van der Waals surface area contributed by atoms with Crippen LogP contribution in [0.1, 0.15) is 19.2 Å². The lowest BCUT2D eigenvalue weighted by atomic mass is 10.2. The van der Waals surface area contributed by atoms with Gasteiger partial charge in [0.25, 0.3) is 0 Å². The zero-order chi connectivity index (χ0) is 13.2. The Bertz CT molecular complexity index is 598.